The van der Waals surface area contributed by atoms with Crippen LogP contribution in [0.4, 0.5) is 4.39 Å². The van der Waals surface area contributed by atoms with Gasteiger partial charge >= 0.3 is 0 Å². The molecule has 6 heteroatoms. The first-order valence-electron chi connectivity index (χ1n) is 9.52. The van der Waals surface area contributed by atoms with E-state index in [2.05, 4.69) is 32.7 Å². The normalized spacial score (nSPS) is 11.5. The minimum Gasteiger partial charge on any atom is -0.357 e. The number of guanidine groups is 1. The van der Waals surface area contributed by atoms with Crippen molar-refractivity contribution in [3.05, 3.63) is 83.7 Å². The fourth-order valence-electron chi connectivity index (χ4n) is 2.96. The van der Waals surface area contributed by atoms with Gasteiger partial charge in [0.15, 0.2) is 5.96 Å². The quantitative estimate of drug-likeness (QED) is 0.487. The molecule has 0 saturated heterocycles. The predicted molar refractivity (Wildman–Crippen MR) is 111 cm³/mol. The topological polar surface area (TPSA) is 54.2 Å². The van der Waals surface area contributed by atoms with Crippen LogP contribution >= 0.6 is 0 Å². The number of nitrogens with one attached hydrogen (secondary N) is 2. The van der Waals surface area contributed by atoms with Crippen LogP contribution in [0.25, 0.3) is 5.69 Å². The third-order valence-electron chi connectivity index (χ3n) is 4.41. The van der Waals surface area contributed by atoms with Crippen molar-refractivity contribution in [1.29, 1.82) is 0 Å². The summed E-state index contributed by atoms with van der Waals surface area (Å²) < 4.78 is 16.3. The van der Waals surface area contributed by atoms with Crippen molar-refractivity contribution in [2.45, 2.75) is 26.8 Å². The van der Waals surface area contributed by atoms with Crippen LogP contribution in [0.2, 0.25) is 0 Å². The van der Waals surface area contributed by atoms with Gasteiger partial charge in [0.1, 0.15) is 11.6 Å². The Labute approximate surface area is 165 Å². The van der Waals surface area contributed by atoms with Crippen molar-refractivity contribution in [3.63, 3.8) is 0 Å². The van der Waals surface area contributed by atoms with Gasteiger partial charge in [-0.25, -0.2) is 14.4 Å². The fourth-order valence-corrected chi connectivity index (χ4v) is 2.96. The molecule has 0 saturated carbocycles. The van der Waals surface area contributed by atoms with Gasteiger partial charge in [-0.05, 0) is 43.5 Å². The number of benzene rings is 2. The molecule has 28 heavy (non-hydrogen) atoms. The van der Waals surface area contributed by atoms with E-state index in [0.717, 1.165) is 36.9 Å². The average Bonchev–Trinajstić information content (AvgIpc) is 3.12. The maximum Gasteiger partial charge on any atom is 0.191 e. The highest BCUT2D eigenvalue weighted by Gasteiger charge is 2.08. The number of aliphatic imine (C=N–C) groups is 1. The second-order valence-corrected chi connectivity index (χ2v) is 6.49. The van der Waals surface area contributed by atoms with E-state index in [1.54, 1.807) is 23.0 Å². The van der Waals surface area contributed by atoms with Crippen LogP contribution in [0.15, 0.2) is 65.9 Å². The molecule has 3 rings (SSSR count). The predicted octanol–water partition coefficient (Wildman–Crippen LogP) is 3.62. The Morgan fingerprint density at radius 1 is 1.11 bits per heavy atom. The highest BCUT2D eigenvalue weighted by atomic mass is 19.1. The number of aryl methyl sites for hydroxylation is 1. The van der Waals surface area contributed by atoms with Crippen molar-refractivity contribution >= 4 is 5.96 Å². The number of aromatic nitrogens is 2. The second-order valence-electron chi connectivity index (χ2n) is 6.49. The van der Waals surface area contributed by atoms with Gasteiger partial charge in [-0.15, -0.1) is 0 Å². The average molecular weight is 379 g/mol. The molecule has 0 spiro atoms. The lowest BCUT2D eigenvalue weighted by atomic mass is 10.1. The Balaban J connectivity index is 1.62. The fraction of sp³-hybridized carbons (Fsp3) is 0.273. The summed E-state index contributed by atoms with van der Waals surface area (Å²) in [6.45, 7) is 5.83. The maximum absolute atomic E-state index is 14.5. The molecule has 0 bridgehead atoms. The van der Waals surface area contributed by atoms with Crippen LogP contribution < -0.4 is 10.6 Å². The van der Waals surface area contributed by atoms with Crippen LogP contribution in [0, 0.1) is 12.7 Å². The van der Waals surface area contributed by atoms with Crippen LogP contribution in [-0.2, 0) is 13.0 Å². The molecule has 146 valence electrons. The summed E-state index contributed by atoms with van der Waals surface area (Å²) in [5.41, 5.74) is 2.59. The number of imidazole rings is 1. The van der Waals surface area contributed by atoms with Gasteiger partial charge in [0.2, 0.25) is 0 Å². The summed E-state index contributed by atoms with van der Waals surface area (Å²) in [4.78, 5) is 8.72. The maximum atomic E-state index is 14.5. The third-order valence-corrected chi connectivity index (χ3v) is 4.41. The Morgan fingerprint density at radius 2 is 1.93 bits per heavy atom. The van der Waals surface area contributed by atoms with Crippen molar-refractivity contribution in [3.8, 4) is 5.69 Å². The molecule has 2 aromatic carbocycles. The standard InChI is InChI=1S/C22H26FN5/c1-3-24-22(26-12-11-18-7-5-4-6-8-18)27-16-19-9-10-21(20(23)15-19)28-14-13-25-17(28)2/h4-10,13-15H,3,11-12,16H2,1-2H3,(H2,24,26,27). The van der Waals surface area contributed by atoms with E-state index >= 15 is 0 Å². The summed E-state index contributed by atoms with van der Waals surface area (Å²) in [7, 11) is 0. The molecule has 0 amide bonds. The SMILES string of the molecule is CCNC(=NCc1ccc(-n2ccnc2C)c(F)c1)NCCc1ccccc1. The van der Waals surface area contributed by atoms with E-state index in [1.165, 1.54) is 11.6 Å². The van der Waals surface area contributed by atoms with Crippen LogP contribution in [-0.4, -0.2) is 28.6 Å². The van der Waals surface area contributed by atoms with E-state index in [-0.39, 0.29) is 5.82 Å². The van der Waals surface area contributed by atoms with Crippen molar-refractivity contribution in [2.24, 2.45) is 4.99 Å². The lowest BCUT2D eigenvalue weighted by molar-refractivity contribution is 0.614. The van der Waals surface area contributed by atoms with E-state index < -0.39 is 0 Å². The lowest BCUT2D eigenvalue weighted by Crippen LogP contribution is -2.38. The first-order valence-corrected chi connectivity index (χ1v) is 9.52. The molecule has 3 aromatic rings. The summed E-state index contributed by atoms with van der Waals surface area (Å²) in [5.74, 6) is 1.20. The Kier molecular flexibility index (Phi) is 6.78. The highest BCUT2D eigenvalue weighted by Crippen LogP contribution is 2.17. The molecule has 0 aliphatic carbocycles. The molecule has 0 unspecified atom stereocenters. The van der Waals surface area contributed by atoms with Gasteiger partial charge in [-0.2, -0.15) is 0 Å². The monoisotopic (exact) mass is 379 g/mol. The Morgan fingerprint density at radius 3 is 2.61 bits per heavy atom. The zero-order chi connectivity index (χ0) is 19.8. The van der Waals surface area contributed by atoms with Crippen molar-refractivity contribution in [2.75, 3.05) is 13.1 Å². The summed E-state index contributed by atoms with van der Waals surface area (Å²) >= 11 is 0. The van der Waals surface area contributed by atoms with E-state index in [1.807, 2.05) is 38.1 Å². The third kappa shape index (κ3) is 5.19. The summed E-state index contributed by atoms with van der Waals surface area (Å²) in [5, 5.41) is 6.56. The smallest absolute Gasteiger partial charge is 0.191 e. The number of nitrogens with zero attached hydrogens (tertiary/aromatic N) is 3. The number of rotatable bonds is 7. The number of halogens is 1. The van der Waals surface area contributed by atoms with Crippen molar-refractivity contribution in [1.82, 2.24) is 20.2 Å². The largest absolute Gasteiger partial charge is 0.357 e. The minimum atomic E-state index is -0.282. The Hall–Kier alpha value is -3.15. The molecule has 1 heterocycles. The van der Waals surface area contributed by atoms with E-state index in [0.29, 0.717) is 12.2 Å². The van der Waals surface area contributed by atoms with Gasteiger partial charge in [0.25, 0.3) is 0 Å². The molecule has 0 radical (unpaired) electrons. The molecule has 0 atom stereocenters. The zero-order valence-electron chi connectivity index (χ0n) is 16.3. The van der Waals surface area contributed by atoms with Crippen LogP contribution in [0.1, 0.15) is 23.9 Å². The molecule has 5 nitrogen and oxygen atoms in total. The second kappa shape index (κ2) is 9.69. The molecular formula is C22H26FN5. The molecular weight excluding hydrogens is 353 g/mol. The summed E-state index contributed by atoms with van der Waals surface area (Å²) in [6, 6.07) is 15.5. The molecule has 0 aliphatic rings. The molecule has 2 N–H and O–H groups in total. The minimum absolute atomic E-state index is 0.282. The summed E-state index contributed by atoms with van der Waals surface area (Å²) in [6.07, 6.45) is 4.33. The molecule has 0 aliphatic heterocycles. The van der Waals surface area contributed by atoms with Gasteiger partial charge in [-0.1, -0.05) is 36.4 Å². The zero-order valence-corrected chi connectivity index (χ0v) is 16.3. The van der Waals surface area contributed by atoms with Gasteiger partial charge in [0, 0.05) is 25.5 Å². The first-order chi connectivity index (χ1) is 13.7. The van der Waals surface area contributed by atoms with Gasteiger partial charge in [-0.3, -0.25) is 0 Å². The highest BCUT2D eigenvalue weighted by molar-refractivity contribution is 5.79. The number of hydrogen-bond donors (Lipinski definition) is 2. The van der Waals surface area contributed by atoms with Gasteiger partial charge in [0.05, 0.1) is 12.2 Å². The van der Waals surface area contributed by atoms with Crippen LogP contribution in [0.3, 0.4) is 0 Å². The lowest BCUT2D eigenvalue weighted by Gasteiger charge is -2.12. The van der Waals surface area contributed by atoms with E-state index in [9.17, 15) is 4.39 Å². The molecule has 1 aromatic heterocycles. The van der Waals surface area contributed by atoms with Crippen molar-refractivity contribution < 1.29 is 4.39 Å². The number of hydrogen-bond acceptors (Lipinski definition) is 2. The Bertz CT molecular complexity index is 918. The van der Waals surface area contributed by atoms with Crippen LogP contribution in [0.5, 0.6) is 0 Å². The van der Waals surface area contributed by atoms with E-state index in [4.69, 9.17) is 0 Å². The van der Waals surface area contributed by atoms with Gasteiger partial charge < -0.3 is 15.2 Å². The molecule has 0 fully saturated rings. The first kappa shape index (κ1) is 19.6.